The molecular formula is C30H40F5N3O7. The molecule has 1 unspecified atom stereocenters. The van der Waals surface area contributed by atoms with Crippen LogP contribution in [0.5, 0.6) is 5.75 Å². The van der Waals surface area contributed by atoms with Crippen molar-refractivity contribution in [3.63, 3.8) is 0 Å². The number of halogens is 5. The second kappa shape index (κ2) is 16.3. The number of aliphatic hydroxyl groups excluding tert-OH is 1. The number of esters is 1. The molecular weight excluding hydrogens is 609 g/mol. The van der Waals surface area contributed by atoms with Gasteiger partial charge in [-0.1, -0.05) is 65.1 Å². The van der Waals surface area contributed by atoms with Crippen LogP contribution in [-0.4, -0.2) is 70.9 Å². The van der Waals surface area contributed by atoms with Gasteiger partial charge in [0.2, 0.25) is 5.91 Å². The zero-order valence-corrected chi connectivity index (χ0v) is 23.6. The lowest BCUT2D eigenvalue weighted by molar-refractivity contribution is -0.174. The van der Waals surface area contributed by atoms with Gasteiger partial charge in [-0.25, -0.2) is 13.6 Å². The summed E-state index contributed by atoms with van der Waals surface area (Å²) in [6, 6.07) is 11.0. The third-order valence-corrected chi connectivity index (χ3v) is 6.75. The molecule has 1 aliphatic heterocycles. The minimum Gasteiger partial charge on any atom is -0.479 e. The standard InChI is InChI=1S/C20H21NO6.C8H11F5N2O.2CH4/c1-12-15(9-6-10-17(12)27-13(2)22)19(24)21-16(18(23)20(25)26)11-14-7-4-3-5-8-14;1-6(2)4(14-3-7(6,9)10)5(16)15-8(11,12)13;;/h3-10,16,18,23H,11H2,1-2H3,(H,21,24)(H,25,26);4,14H,3H2,1-2H3,(H,15,16);2*1H4/t16-,18-;;;/m0.../s1. The van der Waals surface area contributed by atoms with E-state index in [1.165, 1.54) is 13.0 Å². The van der Waals surface area contributed by atoms with Crippen molar-refractivity contribution in [2.75, 3.05) is 6.54 Å². The van der Waals surface area contributed by atoms with Crippen molar-refractivity contribution in [3.05, 3.63) is 65.2 Å². The monoisotopic (exact) mass is 649 g/mol. The molecule has 0 aliphatic carbocycles. The number of aliphatic hydroxyl groups is 1. The van der Waals surface area contributed by atoms with Crippen LogP contribution < -0.4 is 20.7 Å². The molecule has 2 aromatic rings. The van der Waals surface area contributed by atoms with Crippen molar-refractivity contribution >= 4 is 23.8 Å². The minimum atomic E-state index is -4.91. The Morgan fingerprint density at radius 2 is 1.62 bits per heavy atom. The number of alkyl halides is 5. The summed E-state index contributed by atoms with van der Waals surface area (Å²) in [4.78, 5) is 46.2. The number of hydrogen-bond acceptors (Lipinski definition) is 7. The van der Waals surface area contributed by atoms with Gasteiger partial charge in [-0.05, 0) is 31.0 Å². The number of carbonyl (C=O) groups is 4. The van der Waals surface area contributed by atoms with E-state index in [9.17, 15) is 46.2 Å². The molecule has 10 nitrogen and oxygen atoms in total. The van der Waals surface area contributed by atoms with E-state index in [0.717, 1.165) is 24.7 Å². The fourth-order valence-electron chi connectivity index (χ4n) is 4.21. The van der Waals surface area contributed by atoms with Gasteiger partial charge in [0.1, 0.15) is 5.75 Å². The molecule has 45 heavy (non-hydrogen) atoms. The molecule has 1 fully saturated rings. The average Bonchev–Trinajstić information content (AvgIpc) is 3.10. The van der Waals surface area contributed by atoms with Gasteiger partial charge in [-0.3, -0.25) is 25.0 Å². The molecule has 252 valence electrons. The number of benzene rings is 2. The first-order chi connectivity index (χ1) is 19.8. The molecule has 1 heterocycles. The number of rotatable bonds is 8. The molecule has 2 aromatic carbocycles. The second-order valence-electron chi connectivity index (χ2n) is 10.3. The number of ether oxygens (including phenoxy) is 1. The minimum absolute atomic E-state index is 0. The molecule has 1 saturated heterocycles. The van der Waals surface area contributed by atoms with Crippen molar-refractivity contribution in [2.24, 2.45) is 5.41 Å². The predicted molar refractivity (Wildman–Crippen MR) is 156 cm³/mol. The van der Waals surface area contributed by atoms with Crippen molar-refractivity contribution in [1.82, 2.24) is 16.0 Å². The van der Waals surface area contributed by atoms with E-state index in [1.807, 2.05) is 6.07 Å². The van der Waals surface area contributed by atoms with Gasteiger partial charge in [0.05, 0.1) is 24.0 Å². The molecule has 0 saturated carbocycles. The summed E-state index contributed by atoms with van der Waals surface area (Å²) in [5.74, 6) is -6.98. The third-order valence-electron chi connectivity index (χ3n) is 6.75. The summed E-state index contributed by atoms with van der Waals surface area (Å²) in [5, 5.41) is 24.5. The Kier molecular flexibility index (Phi) is 14.8. The van der Waals surface area contributed by atoms with Crippen molar-refractivity contribution < 1.29 is 56.1 Å². The largest absolute Gasteiger partial charge is 0.484 e. The highest BCUT2D eigenvalue weighted by Crippen LogP contribution is 2.43. The number of aliphatic carboxylic acids is 1. The van der Waals surface area contributed by atoms with Crippen molar-refractivity contribution in [1.29, 1.82) is 0 Å². The van der Waals surface area contributed by atoms with Gasteiger partial charge in [0.15, 0.2) is 6.10 Å². The second-order valence-corrected chi connectivity index (χ2v) is 10.3. The summed E-state index contributed by atoms with van der Waals surface area (Å²) in [7, 11) is 0. The molecule has 3 atom stereocenters. The lowest BCUT2D eigenvalue weighted by Gasteiger charge is -2.30. The van der Waals surface area contributed by atoms with Crippen LogP contribution in [0, 0.1) is 12.3 Å². The van der Waals surface area contributed by atoms with Crippen LogP contribution in [0.25, 0.3) is 0 Å². The fourth-order valence-corrected chi connectivity index (χ4v) is 4.21. The van der Waals surface area contributed by atoms with Crippen molar-refractivity contribution in [3.8, 4) is 5.75 Å². The number of hydrogen-bond donors (Lipinski definition) is 5. The molecule has 15 heteroatoms. The molecule has 2 amide bonds. The molecule has 0 spiro atoms. The van der Waals surface area contributed by atoms with Gasteiger partial charge in [0.25, 0.3) is 11.8 Å². The van der Waals surface area contributed by atoms with Crippen LogP contribution in [0.1, 0.15) is 57.1 Å². The first-order valence-electron chi connectivity index (χ1n) is 12.8. The van der Waals surface area contributed by atoms with Crippen LogP contribution in [0.4, 0.5) is 22.0 Å². The molecule has 3 rings (SSSR count). The maximum absolute atomic E-state index is 13.2. The molecule has 0 bridgehead atoms. The average molecular weight is 650 g/mol. The fraction of sp³-hybridized carbons (Fsp3) is 0.467. The highest BCUT2D eigenvalue weighted by atomic mass is 19.4. The van der Waals surface area contributed by atoms with Gasteiger partial charge in [0, 0.05) is 18.1 Å². The topological polar surface area (TPSA) is 154 Å². The zero-order chi connectivity index (χ0) is 32.8. The summed E-state index contributed by atoms with van der Waals surface area (Å²) in [6.45, 7) is 4.16. The summed E-state index contributed by atoms with van der Waals surface area (Å²) < 4.78 is 67.1. The van der Waals surface area contributed by atoms with E-state index in [0.29, 0.717) is 5.56 Å². The van der Waals surface area contributed by atoms with Crippen LogP contribution in [0.2, 0.25) is 0 Å². The highest BCUT2D eigenvalue weighted by Gasteiger charge is 2.59. The Morgan fingerprint density at radius 3 is 2.09 bits per heavy atom. The Balaban J connectivity index is 0.000000927. The van der Waals surface area contributed by atoms with Gasteiger partial charge in [-0.15, -0.1) is 0 Å². The van der Waals surface area contributed by atoms with E-state index in [4.69, 9.17) is 9.84 Å². The Labute approximate surface area is 258 Å². The number of amides is 2. The first kappa shape index (κ1) is 40.9. The normalized spacial score (nSPS) is 17.5. The van der Waals surface area contributed by atoms with Crippen LogP contribution >= 0.6 is 0 Å². The number of carbonyl (C=O) groups excluding carboxylic acids is 3. The Hall–Kier alpha value is -4.11. The molecule has 1 aliphatic rings. The SMILES string of the molecule is C.C.CC(=O)Oc1cccc(C(=O)N[C@@H](Cc2ccccc2)[C@H](O)C(=O)O)c1C.CC1(C)C(C(=O)NC(F)(F)F)NCC1(F)F. The van der Waals surface area contributed by atoms with E-state index < -0.39 is 66.1 Å². The van der Waals surface area contributed by atoms with Gasteiger partial charge >= 0.3 is 18.2 Å². The maximum atomic E-state index is 13.2. The van der Waals surface area contributed by atoms with Crippen LogP contribution in [-0.2, 0) is 20.8 Å². The first-order valence-corrected chi connectivity index (χ1v) is 12.8. The summed E-state index contributed by atoms with van der Waals surface area (Å²) in [6.07, 6.45) is -6.54. The lowest BCUT2D eigenvalue weighted by atomic mass is 9.81. The van der Waals surface area contributed by atoms with Crippen LogP contribution in [0.15, 0.2) is 48.5 Å². The smallest absolute Gasteiger partial charge is 0.479 e. The maximum Gasteiger partial charge on any atom is 0.484 e. The molecule has 0 aromatic heterocycles. The lowest BCUT2D eigenvalue weighted by Crippen LogP contribution is -2.53. The van der Waals surface area contributed by atoms with E-state index >= 15 is 0 Å². The molecule has 0 radical (unpaired) electrons. The number of carboxylic acids is 1. The van der Waals surface area contributed by atoms with E-state index in [2.05, 4.69) is 10.6 Å². The predicted octanol–water partition coefficient (Wildman–Crippen LogP) is 4.23. The van der Waals surface area contributed by atoms with Crippen molar-refractivity contribution in [2.45, 2.75) is 79.4 Å². The summed E-state index contributed by atoms with van der Waals surface area (Å²) >= 11 is 0. The van der Waals surface area contributed by atoms with E-state index in [1.54, 1.807) is 43.3 Å². The highest BCUT2D eigenvalue weighted by molar-refractivity contribution is 5.97. The quantitative estimate of drug-likeness (QED) is 0.123. The van der Waals surface area contributed by atoms with Crippen LogP contribution in [0.3, 0.4) is 0 Å². The number of nitrogens with one attached hydrogen (secondary N) is 3. The zero-order valence-electron chi connectivity index (χ0n) is 23.6. The summed E-state index contributed by atoms with van der Waals surface area (Å²) in [5.41, 5.74) is -0.422. The third kappa shape index (κ3) is 11.1. The van der Waals surface area contributed by atoms with Gasteiger partial charge < -0.3 is 20.3 Å². The Morgan fingerprint density at radius 1 is 1.04 bits per heavy atom. The Bertz CT molecular complexity index is 1320. The van der Waals surface area contributed by atoms with Gasteiger partial charge in [-0.2, -0.15) is 13.2 Å². The number of carboxylic acid groups (broad SMARTS) is 1. The molecule has 5 N–H and O–H groups in total. The van der Waals surface area contributed by atoms with E-state index in [-0.39, 0.29) is 32.6 Å².